The third-order valence-electron chi connectivity index (χ3n) is 3.06. The second-order valence-electron chi connectivity index (χ2n) is 4.21. The highest BCUT2D eigenvalue weighted by molar-refractivity contribution is 6.06. The van der Waals surface area contributed by atoms with Crippen molar-refractivity contribution in [1.82, 2.24) is 10.3 Å². The fourth-order valence-electron chi connectivity index (χ4n) is 1.45. The highest BCUT2D eigenvalue weighted by Crippen LogP contribution is 2.21. The summed E-state index contributed by atoms with van der Waals surface area (Å²) in [5, 5.41) is 14.4. The van der Waals surface area contributed by atoms with Gasteiger partial charge in [-0.3, -0.25) is 9.78 Å². The van der Waals surface area contributed by atoms with Crippen LogP contribution in [-0.4, -0.2) is 21.9 Å². The van der Waals surface area contributed by atoms with Crippen LogP contribution in [0.2, 0.25) is 0 Å². The maximum Gasteiger partial charge on any atom is 0.233 e. The topological polar surface area (TPSA) is 101 Å². The van der Waals surface area contributed by atoms with Crippen LogP contribution in [-0.2, 0) is 11.3 Å². The first-order valence-corrected chi connectivity index (χ1v) is 5.69. The average Bonchev–Trinajstić information content (AvgIpc) is 2.43. The zero-order valence-electron chi connectivity index (χ0n) is 10.6. The van der Waals surface area contributed by atoms with Crippen LogP contribution in [0.4, 0.5) is 0 Å². The highest BCUT2D eigenvalue weighted by Gasteiger charge is 2.36. The number of hydrogen-bond donors (Lipinski definition) is 3. The van der Waals surface area contributed by atoms with Gasteiger partial charge in [0.1, 0.15) is 5.41 Å². The van der Waals surface area contributed by atoms with Crippen LogP contribution in [0.25, 0.3) is 0 Å². The second-order valence-corrected chi connectivity index (χ2v) is 4.21. The number of nitrogens with two attached hydrogens (primary N) is 1. The molecule has 98 valence electrons. The molecular formula is C12H18N4O2. The number of nitrogens with zero attached hydrogens (tertiary/aromatic N) is 2. The number of carbonyl (C=O) groups excluding carboxylic acids is 1. The minimum Gasteiger partial charge on any atom is -0.409 e. The number of amides is 1. The number of aromatic nitrogens is 1. The van der Waals surface area contributed by atoms with Gasteiger partial charge < -0.3 is 16.3 Å². The zero-order chi connectivity index (χ0) is 13.6. The van der Waals surface area contributed by atoms with E-state index in [9.17, 15) is 4.79 Å². The molecule has 1 unspecified atom stereocenters. The molecule has 1 heterocycles. The lowest BCUT2D eigenvalue weighted by molar-refractivity contribution is -0.127. The van der Waals surface area contributed by atoms with E-state index in [1.807, 2.05) is 13.0 Å². The molecule has 0 saturated carbocycles. The Hall–Kier alpha value is -2.11. The van der Waals surface area contributed by atoms with Crippen molar-refractivity contribution in [3.8, 4) is 0 Å². The van der Waals surface area contributed by atoms with Crippen LogP contribution in [0.15, 0.2) is 29.7 Å². The lowest BCUT2D eigenvalue weighted by Gasteiger charge is -2.25. The maximum atomic E-state index is 12.1. The van der Waals surface area contributed by atoms with Crippen molar-refractivity contribution in [3.63, 3.8) is 0 Å². The zero-order valence-corrected chi connectivity index (χ0v) is 10.6. The highest BCUT2D eigenvalue weighted by atomic mass is 16.4. The fourth-order valence-corrected chi connectivity index (χ4v) is 1.45. The van der Waals surface area contributed by atoms with Crippen molar-refractivity contribution >= 4 is 11.7 Å². The van der Waals surface area contributed by atoms with Gasteiger partial charge in [-0.25, -0.2) is 0 Å². The number of hydrogen-bond acceptors (Lipinski definition) is 4. The Morgan fingerprint density at radius 2 is 2.39 bits per heavy atom. The molecule has 0 saturated heterocycles. The molecule has 1 amide bonds. The molecule has 0 bridgehead atoms. The molecular weight excluding hydrogens is 232 g/mol. The third-order valence-corrected chi connectivity index (χ3v) is 3.06. The van der Waals surface area contributed by atoms with Gasteiger partial charge in [-0.05, 0) is 25.0 Å². The van der Waals surface area contributed by atoms with E-state index in [0.29, 0.717) is 13.0 Å². The number of pyridine rings is 1. The quantitative estimate of drug-likeness (QED) is 0.312. The number of oxime groups is 1. The summed E-state index contributed by atoms with van der Waals surface area (Å²) in [7, 11) is 0. The molecule has 1 atom stereocenters. The maximum absolute atomic E-state index is 12.1. The Balaban J connectivity index is 2.70. The predicted molar refractivity (Wildman–Crippen MR) is 67.9 cm³/mol. The Kier molecular flexibility index (Phi) is 4.65. The molecule has 18 heavy (non-hydrogen) atoms. The van der Waals surface area contributed by atoms with E-state index < -0.39 is 5.41 Å². The second kappa shape index (κ2) is 6.00. The van der Waals surface area contributed by atoms with E-state index in [2.05, 4.69) is 15.5 Å². The molecule has 0 aliphatic rings. The Bertz CT molecular complexity index is 433. The van der Waals surface area contributed by atoms with Gasteiger partial charge in [0.05, 0.1) is 0 Å². The minimum absolute atomic E-state index is 0.0892. The van der Waals surface area contributed by atoms with Gasteiger partial charge in [0.2, 0.25) is 5.91 Å². The van der Waals surface area contributed by atoms with Crippen LogP contribution in [0, 0.1) is 5.41 Å². The summed E-state index contributed by atoms with van der Waals surface area (Å²) in [5.74, 6) is -0.363. The largest absolute Gasteiger partial charge is 0.409 e. The normalized spacial score (nSPS) is 14.9. The molecule has 0 fully saturated rings. The molecule has 1 rings (SSSR count). The van der Waals surface area contributed by atoms with Gasteiger partial charge in [0.25, 0.3) is 0 Å². The molecule has 0 radical (unpaired) electrons. The first kappa shape index (κ1) is 14.0. The number of carbonyl (C=O) groups is 1. The first-order chi connectivity index (χ1) is 8.54. The number of rotatable bonds is 5. The van der Waals surface area contributed by atoms with Crippen LogP contribution in [0.5, 0.6) is 0 Å². The van der Waals surface area contributed by atoms with E-state index in [1.54, 1.807) is 25.4 Å². The van der Waals surface area contributed by atoms with Gasteiger partial charge in [-0.15, -0.1) is 0 Å². The summed E-state index contributed by atoms with van der Waals surface area (Å²) < 4.78 is 0. The lowest BCUT2D eigenvalue weighted by Crippen LogP contribution is -2.47. The summed E-state index contributed by atoms with van der Waals surface area (Å²) in [6, 6.07) is 3.66. The van der Waals surface area contributed by atoms with E-state index in [0.717, 1.165) is 5.56 Å². The molecule has 6 heteroatoms. The Morgan fingerprint density at radius 1 is 1.67 bits per heavy atom. The SMILES string of the molecule is CCC(C)(C(=O)NCc1cccnc1)/C(N)=N/O. The van der Waals surface area contributed by atoms with Crippen LogP contribution in [0.1, 0.15) is 25.8 Å². The molecule has 0 aliphatic heterocycles. The number of amidine groups is 1. The van der Waals surface area contributed by atoms with E-state index in [1.165, 1.54) is 0 Å². The van der Waals surface area contributed by atoms with Crippen molar-refractivity contribution in [3.05, 3.63) is 30.1 Å². The number of nitrogens with one attached hydrogen (secondary N) is 1. The van der Waals surface area contributed by atoms with E-state index in [4.69, 9.17) is 10.9 Å². The minimum atomic E-state index is -1.00. The fraction of sp³-hybridized carbons (Fsp3) is 0.417. The standard InChI is InChI=1S/C12H18N4O2/c1-3-12(2,10(13)16-18)11(17)15-8-9-5-4-6-14-7-9/h4-7,18H,3,8H2,1-2H3,(H2,13,16)(H,15,17). The summed E-state index contributed by atoms with van der Waals surface area (Å²) in [5.41, 5.74) is 5.45. The van der Waals surface area contributed by atoms with Gasteiger partial charge in [0, 0.05) is 18.9 Å². The van der Waals surface area contributed by atoms with Crippen LogP contribution < -0.4 is 11.1 Å². The van der Waals surface area contributed by atoms with Gasteiger partial charge in [-0.2, -0.15) is 0 Å². The average molecular weight is 250 g/mol. The van der Waals surface area contributed by atoms with Gasteiger partial charge >= 0.3 is 0 Å². The van der Waals surface area contributed by atoms with Crippen molar-refractivity contribution in [1.29, 1.82) is 0 Å². The van der Waals surface area contributed by atoms with Gasteiger partial charge in [-0.1, -0.05) is 18.1 Å². The van der Waals surface area contributed by atoms with Crippen molar-refractivity contribution in [2.45, 2.75) is 26.8 Å². The summed E-state index contributed by atoms with van der Waals surface area (Å²) in [6.45, 7) is 3.81. The smallest absolute Gasteiger partial charge is 0.233 e. The lowest BCUT2D eigenvalue weighted by atomic mass is 9.85. The molecule has 4 N–H and O–H groups in total. The molecule has 1 aromatic heterocycles. The van der Waals surface area contributed by atoms with E-state index >= 15 is 0 Å². The van der Waals surface area contributed by atoms with Crippen molar-refractivity contribution < 1.29 is 10.0 Å². The Labute approximate surface area is 106 Å². The van der Waals surface area contributed by atoms with Crippen LogP contribution in [0.3, 0.4) is 0 Å². The van der Waals surface area contributed by atoms with Gasteiger partial charge in [0.15, 0.2) is 5.84 Å². The third kappa shape index (κ3) is 2.97. The Morgan fingerprint density at radius 3 is 2.89 bits per heavy atom. The summed E-state index contributed by atoms with van der Waals surface area (Å²) >= 11 is 0. The molecule has 6 nitrogen and oxygen atoms in total. The van der Waals surface area contributed by atoms with E-state index in [-0.39, 0.29) is 11.7 Å². The predicted octanol–water partition coefficient (Wildman–Crippen LogP) is 0.861. The monoisotopic (exact) mass is 250 g/mol. The van der Waals surface area contributed by atoms with Crippen molar-refractivity contribution in [2.24, 2.45) is 16.3 Å². The molecule has 0 aliphatic carbocycles. The van der Waals surface area contributed by atoms with Crippen LogP contribution >= 0.6 is 0 Å². The molecule has 0 spiro atoms. The molecule has 1 aromatic rings. The first-order valence-electron chi connectivity index (χ1n) is 5.69. The summed E-state index contributed by atoms with van der Waals surface area (Å²) in [6.07, 6.45) is 3.78. The van der Waals surface area contributed by atoms with Crippen molar-refractivity contribution in [2.75, 3.05) is 0 Å². The summed E-state index contributed by atoms with van der Waals surface area (Å²) in [4.78, 5) is 16.0. The molecule has 0 aromatic carbocycles.